The molecule has 0 saturated heterocycles. The minimum Gasteiger partial charge on any atom is -0.496 e. The van der Waals surface area contributed by atoms with Gasteiger partial charge in [0.1, 0.15) is 11.6 Å². The van der Waals surface area contributed by atoms with Gasteiger partial charge in [0, 0.05) is 36.9 Å². The van der Waals surface area contributed by atoms with Crippen LogP contribution in [-0.2, 0) is 13.6 Å². The van der Waals surface area contributed by atoms with Crippen molar-refractivity contribution in [1.82, 2.24) is 19.9 Å². The fourth-order valence-corrected chi connectivity index (χ4v) is 3.21. The number of hydrogen-bond acceptors (Lipinski definition) is 5. The highest BCUT2D eigenvalue weighted by atomic mass is 32.1. The van der Waals surface area contributed by atoms with Crippen LogP contribution in [0.25, 0.3) is 0 Å². The van der Waals surface area contributed by atoms with E-state index in [-0.39, 0.29) is 6.04 Å². The van der Waals surface area contributed by atoms with E-state index in [9.17, 15) is 0 Å². The lowest BCUT2D eigenvalue weighted by Gasteiger charge is -2.21. The molecule has 0 amide bonds. The maximum Gasteiger partial charge on any atom is 0.130 e. The Morgan fingerprint density at radius 1 is 1.35 bits per heavy atom. The van der Waals surface area contributed by atoms with E-state index in [2.05, 4.69) is 26.7 Å². The summed E-state index contributed by atoms with van der Waals surface area (Å²) < 4.78 is 7.55. The van der Waals surface area contributed by atoms with E-state index in [0.717, 1.165) is 27.8 Å². The third-order valence-corrected chi connectivity index (χ3v) is 4.54. The van der Waals surface area contributed by atoms with Crippen molar-refractivity contribution in [3.05, 3.63) is 64.1 Å². The Morgan fingerprint density at radius 2 is 2.17 bits per heavy atom. The second kappa shape index (κ2) is 6.93. The Kier molecular flexibility index (Phi) is 4.73. The average Bonchev–Trinajstić information content (AvgIpc) is 3.17. The maximum atomic E-state index is 5.53. The number of imidazole rings is 1. The number of rotatable bonds is 6. The molecule has 0 radical (unpaired) electrons. The van der Waals surface area contributed by atoms with E-state index < -0.39 is 0 Å². The smallest absolute Gasteiger partial charge is 0.130 e. The van der Waals surface area contributed by atoms with Gasteiger partial charge in [-0.3, -0.25) is 5.32 Å². The molecule has 1 N–H and O–H groups in total. The molecule has 1 aromatic carbocycles. The Bertz CT molecular complexity index is 780. The Hall–Kier alpha value is -2.18. The fourth-order valence-electron chi connectivity index (χ4n) is 2.60. The first-order valence-electron chi connectivity index (χ1n) is 7.43. The zero-order chi connectivity index (χ0) is 16.2. The molecule has 2 heterocycles. The Balaban J connectivity index is 1.92. The number of nitrogens with one attached hydrogen (secondary N) is 1. The Morgan fingerprint density at radius 3 is 2.83 bits per heavy atom. The second-order valence-electron chi connectivity index (χ2n) is 5.31. The van der Waals surface area contributed by atoms with Gasteiger partial charge in [0.15, 0.2) is 0 Å². The van der Waals surface area contributed by atoms with Crippen LogP contribution in [0, 0.1) is 6.92 Å². The number of aromatic nitrogens is 3. The summed E-state index contributed by atoms with van der Waals surface area (Å²) >= 11 is 1.66. The second-order valence-corrected chi connectivity index (χ2v) is 6.37. The monoisotopic (exact) mass is 328 g/mol. The van der Waals surface area contributed by atoms with Crippen LogP contribution < -0.4 is 10.1 Å². The van der Waals surface area contributed by atoms with E-state index in [1.807, 2.05) is 49.1 Å². The summed E-state index contributed by atoms with van der Waals surface area (Å²) in [6, 6.07) is 7.97. The van der Waals surface area contributed by atoms with Gasteiger partial charge in [-0.05, 0) is 13.0 Å². The van der Waals surface area contributed by atoms with Gasteiger partial charge in [-0.15, -0.1) is 11.3 Å². The molecule has 0 aliphatic rings. The summed E-state index contributed by atoms with van der Waals surface area (Å²) in [7, 11) is 3.69. The Labute approximate surface area is 140 Å². The van der Waals surface area contributed by atoms with Crippen molar-refractivity contribution < 1.29 is 4.74 Å². The zero-order valence-corrected chi connectivity index (χ0v) is 14.3. The van der Waals surface area contributed by atoms with Gasteiger partial charge in [0.05, 0.1) is 23.9 Å². The molecule has 0 aliphatic carbocycles. The van der Waals surface area contributed by atoms with Crippen molar-refractivity contribution in [2.24, 2.45) is 7.05 Å². The topological polar surface area (TPSA) is 52.0 Å². The summed E-state index contributed by atoms with van der Waals surface area (Å²) in [5, 5.41) is 6.72. The lowest BCUT2D eigenvalue weighted by atomic mass is 10.0. The number of para-hydroxylation sites is 1. The lowest BCUT2D eigenvalue weighted by Crippen LogP contribution is -2.25. The molecule has 1 atom stereocenters. The summed E-state index contributed by atoms with van der Waals surface area (Å²) in [5.74, 6) is 1.80. The van der Waals surface area contributed by atoms with Gasteiger partial charge in [0.2, 0.25) is 0 Å². The predicted octanol–water partition coefficient (Wildman–Crippen LogP) is 3.07. The first kappa shape index (κ1) is 15.7. The molecule has 0 spiro atoms. The molecular formula is C17H20N4OS. The predicted molar refractivity (Wildman–Crippen MR) is 91.7 cm³/mol. The number of thiazole rings is 1. The molecule has 0 unspecified atom stereocenters. The molecule has 3 rings (SSSR count). The van der Waals surface area contributed by atoms with Crippen molar-refractivity contribution in [1.29, 1.82) is 0 Å². The van der Waals surface area contributed by atoms with E-state index in [0.29, 0.717) is 6.54 Å². The number of aryl methyl sites for hydroxylation is 2. The molecule has 2 aromatic heterocycles. The third-order valence-electron chi connectivity index (χ3n) is 3.72. The number of methoxy groups -OCH3 is 1. The quantitative estimate of drug-likeness (QED) is 0.755. The van der Waals surface area contributed by atoms with Gasteiger partial charge in [-0.2, -0.15) is 0 Å². The first-order chi connectivity index (χ1) is 11.2. The summed E-state index contributed by atoms with van der Waals surface area (Å²) in [6.45, 7) is 2.70. The van der Waals surface area contributed by atoms with Gasteiger partial charge in [-0.1, -0.05) is 18.2 Å². The number of ether oxygens (including phenoxy) is 1. The van der Waals surface area contributed by atoms with Crippen LogP contribution in [0.1, 0.15) is 28.1 Å². The molecule has 120 valence electrons. The number of hydrogen-bond donors (Lipinski definition) is 1. The fraction of sp³-hybridized carbons (Fsp3) is 0.294. The summed E-state index contributed by atoms with van der Waals surface area (Å²) in [5.41, 5.74) is 2.11. The van der Waals surface area contributed by atoms with Crippen molar-refractivity contribution in [3.63, 3.8) is 0 Å². The van der Waals surface area contributed by atoms with E-state index in [4.69, 9.17) is 4.74 Å². The highest BCUT2D eigenvalue weighted by Crippen LogP contribution is 2.29. The largest absolute Gasteiger partial charge is 0.496 e. The standard InChI is InChI=1S/C17H20N4OS/c1-12-20-13(11-23-12)10-19-16(17-18-8-9-21(17)2)14-6-4-5-7-15(14)22-3/h4-9,11,16,19H,10H2,1-3H3/t16-/m0/s1. The molecule has 6 heteroatoms. The van der Waals surface area contributed by atoms with Gasteiger partial charge in [-0.25, -0.2) is 9.97 Å². The SMILES string of the molecule is COc1ccccc1[C@H](NCc1csc(C)n1)c1nccn1C. The molecule has 0 aliphatic heterocycles. The van der Waals surface area contributed by atoms with Gasteiger partial charge < -0.3 is 9.30 Å². The van der Waals surface area contributed by atoms with Gasteiger partial charge >= 0.3 is 0 Å². The molecule has 5 nitrogen and oxygen atoms in total. The molecule has 0 bridgehead atoms. The summed E-state index contributed by atoms with van der Waals surface area (Å²) in [6.07, 6.45) is 3.76. The number of benzene rings is 1. The van der Waals surface area contributed by atoms with Crippen LogP contribution >= 0.6 is 11.3 Å². The van der Waals surface area contributed by atoms with Crippen LogP contribution in [0.3, 0.4) is 0 Å². The van der Waals surface area contributed by atoms with Crippen molar-refractivity contribution >= 4 is 11.3 Å². The van der Waals surface area contributed by atoms with Crippen LogP contribution in [0.5, 0.6) is 5.75 Å². The lowest BCUT2D eigenvalue weighted by molar-refractivity contribution is 0.401. The molecular weight excluding hydrogens is 308 g/mol. The van der Waals surface area contributed by atoms with Crippen LogP contribution in [0.4, 0.5) is 0 Å². The molecule has 3 aromatic rings. The minimum absolute atomic E-state index is 0.0619. The van der Waals surface area contributed by atoms with Gasteiger partial charge in [0.25, 0.3) is 0 Å². The van der Waals surface area contributed by atoms with E-state index in [1.54, 1.807) is 18.4 Å². The third kappa shape index (κ3) is 3.43. The van der Waals surface area contributed by atoms with Crippen molar-refractivity contribution in [2.45, 2.75) is 19.5 Å². The number of nitrogens with zero attached hydrogens (tertiary/aromatic N) is 3. The zero-order valence-electron chi connectivity index (χ0n) is 13.5. The normalized spacial score (nSPS) is 12.3. The highest BCUT2D eigenvalue weighted by molar-refractivity contribution is 7.09. The van der Waals surface area contributed by atoms with E-state index >= 15 is 0 Å². The van der Waals surface area contributed by atoms with E-state index in [1.165, 1.54) is 0 Å². The first-order valence-corrected chi connectivity index (χ1v) is 8.31. The molecule has 0 fully saturated rings. The van der Waals surface area contributed by atoms with Crippen molar-refractivity contribution in [3.8, 4) is 5.75 Å². The van der Waals surface area contributed by atoms with Crippen LogP contribution in [0.15, 0.2) is 42.0 Å². The van der Waals surface area contributed by atoms with Crippen LogP contribution in [-0.4, -0.2) is 21.6 Å². The average molecular weight is 328 g/mol. The highest BCUT2D eigenvalue weighted by Gasteiger charge is 2.21. The van der Waals surface area contributed by atoms with Crippen LogP contribution in [0.2, 0.25) is 0 Å². The van der Waals surface area contributed by atoms with Crippen molar-refractivity contribution in [2.75, 3.05) is 7.11 Å². The summed E-state index contributed by atoms with van der Waals surface area (Å²) in [4.78, 5) is 9.03. The molecule has 0 saturated carbocycles. The molecule has 23 heavy (non-hydrogen) atoms. The minimum atomic E-state index is -0.0619. The maximum absolute atomic E-state index is 5.53.